The van der Waals surface area contributed by atoms with Crippen LogP contribution in [0, 0.1) is 5.92 Å². The molecule has 0 atom stereocenters. The van der Waals surface area contributed by atoms with Crippen LogP contribution < -0.4 is 5.32 Å². The van der Waals surface area contributed by atoms with Crippen molar-refractivity contribution >= 4 is 12.0 Å². The molecule has 0 aromatic carbocycles. The molecule has 6 nitrogen and oxygen atoms in total. The van der Waals surface area contributed by atoms with E-state index in [-0.39, 0.29) is 5.69 Å². The highest BCUT2D eigenvalue weighted by Gasteiger charge is 2.12. The van der Waals surface area contributed by atoms with Crippen LogP contribution in [-0.4, -0.2) is 37.3 Å². The molecule has 0 aliphatic rings. The van der Waals surface area contributed by atoms with Gasteiger partial charge in [-0.3, -0.25) is 0 Å². The molecule has 0 bridgehead atoms. The molecular weight excluding hydrogens is 248 g/mol. The Kier molecular flexibility index (Phi) is 6.95. The SMILES string of the molecule is CCOC(=O)c1coc(NCCCOCC(C)C)n1. The minimum absolute atomic E-state index is 0.181. The number of ether oxygens (including phenoxy) is 2. The molecule has 1 aromatic heterocycles. The van der Waals surface area contributed by atoms with Crippen molar-refractivity contribution in [3.63, 3.8) is 0 Å². The van der Waals surface area contributed by atoms with Gasteiger partial charge in [0.1, 0.15) is 6.26 Å². The maximum atomic E-state index is 11.3. The van der Waals surface area contributed by atoms with Gasteiger partial charge in [-0.15, -0.1) is 0 Å². The number of esters is 1. The highest BCUT2D eigenvalue weighted by molar-refractivity contribution is 5.87. The van der Waals surface area contributed by atoms with Gasteiger partial charge >= 0.3 is 5.97 Å². The zero-order chi connectivity index (χ0) is 14.1. The first-order chi connectivity index (χ1) is 9.13. The van der Waals surface area contributed by atoms with Crippen LogP contribution in [-0.2, 0) is 9.47 Å². The van der Waals surface area contributed by atoms with Crippen molar-refractivity contribution in [1.82, 2.24) is 4.98 Å². The van der Waals surface area contributed by atoms with E-state index < -0.39 is 5.97 Å². The van der Waals surface area contributed by atoms with E-state index in [4.69, 9.17) is 13.9 Å². The second-order valence-electron chi connectivity index (χ2n) is 4.51. The Morgan fingerprint density at radius 3 is 3.00 bits per heavy atom. The highest BCUT2D eigenvalue weighted by Crippen LogP contribution is 2.08. The standard InChI is InChI=1S/C13H22N2O4/c1-4-18-12(16)11-9-19-13(15-11)14-6-5-7-17-8-10(2)3/h9-10H,4-8H2,1-3H3,(H,14,15). The Balaban J connectivity index is 2.18. The van der Waals surface area contributed by atoms with Crippen LogP contribution in [0.5, 0.6) is 0 Å². The van der Waals surface area contributed by atoms with Gasteiger partial charge in [-0.2, -0.15) is 4.98 Å². The smallest absolute Gasteiger partial charge is 0.360 e. The number of nitrogens with one attached hydrogen (secondary N) is 1. The molecule has 108 valence electrons. The first-order valence-electron chi connectivity index (χ1n) is 6.57. The maximum absolute atomic E-state index is 11.3. The summed E-state index contributed by atoms with van der Waals surface area (Å²) in [6, 6.07) is 0.326. The monoisotopic (exact) mass is 270 g/mol. The summed E-state index contributed by atoms with van der Waals surface area (Å²) in [7, 11) is 0. The van der Waals surface area contributed by atoms with Crippen molar-refractivity contribution in [3.8, 4) is 0 Å². The molecule has 0 unspecified atom stereocenters. The third-order valence-electron chi connectivity index (χ3n) is 2.18. The maximum Gasteiger partial charge on any atom is 0.360 e. The molecule has 0 saturated heterocycles. The van der Waals surface area contributed by atoms with E-state index in [2.05, 4.69) is 24.1 Å². The summed E-state index contributed by atoms with van der Waals surface area (Å²) in [6.45, 7) is 8.43. The van der Waals surface area contributed by atoms with E-state index >= 15 is 0 Å². The van der Waals surface area contributed by atoms with Crippen molar-refractivity contribution in [3.05, 3.63) is 12.0 Å². The summed E-state index contributed by atoms with van der Waals surface area (Å²) in [6.07, 6.45) is 2.14. The van der Waals surface area contributed by atoms with Gasteiger partial charge in [-0.25, -0.2) is 4.79 Å². The minimum Gasteiger partial charge on any atom is -0.461 e. The van der Waals surface area contributed by atoms with Crippen molar-refractivity contribution in [2.24, 2.45) is 5.92 Å². The molecule has 0 spiro atoms. The number of hydrogen-bond donors (Lipinski definition) is 1. The topological polar surface area (TPSA) is 73.6 Å². The van der Waals surface area contributed by atoms with E-state index in [1.165, 1.54) is 6.26 Å². The Hall–Kier alpha value is -1.56. The Labute approximate surface area is 113 Å². The lowest BCUT2D eigenvalue weighted by Gasteiger charge is -2.06. The summed E-state index contributed by atoms with van der Waals surface area (Å²) in [5.74, 6) is 0.0754. The molecular formula is C13H22N2O4. The van der Waals surface area contributed by atoms with Gasteiger partial charge in [0.25, 0.3) is 6.01 Å². The lowest BCUT2D eigenvalue weighted by molar-refractivity contribution is 0.0519. The molecule has 1 heterocycles. The largest absolute Gasteiger partial charge is 0.461 e. The average molecular weight is 270 g/mol. The summed E-state index contributed by atoms with van der Waals surface area (Å²) in [5.41, 5.74) is 0.181. The van der Waals surface area contributed by atoms with Gasteiger partial charge < -0.3 is 19.2 Å². The number of anilines is 1. The normalized spacial score (nSPS) is 10.7. The fourth-order valence-electron chi connectivity index (χ4n) is 1.34. The number of oxazole rings is 1. The Morgan fingerprint density at radius 2 is 2.32 bits per heavy atom. The lowest BCUT2D eigenvalue weighted by atomic mass is 10.2. The second kappa shape index (κ2) is 8.53. The van der Waals surface area contributed by atoms with Gasteiger partial charge in [0.05, 0.1) is 6.61 Å². The third kappa shape index (κ3) is 6.24. The Bertz CT molecular complexity index is 376. The molecule has 0 fully saturated rings. The van der Waals surface area contributed by atoms with Crippen molar-refractivity contribution in [2.75, 3.05) is 31.7 Å². The van der Waals surface area contributed by atoms with Crippen molar-refractivity contribution in [1.29, 1.82) is 0 Å². The van der Waals surface area contributed by atoms with Gasteiger partial charge in [0.2, 0.25) is 0 Å². The predicted molar refractivity (Wildman–Crippen MR) is 71.2 cm³/mol. The Morgan fingerprint density at radius 1 is 1.53 bits per heavy atom. The average Bonchev–Trinajstić information content (AvgIpc) is 2.82. The molecule has 0 aliphatic carbocycles. The zero-order valence-corrected chi connectivity index (χ0v) is 11.8. The summed E-state index contributed by atoms with van der Waals surface area (Å²) >= 11 is 0. The highest BCUT2D eigenvalue weighted by atomic mass is 16.5. The molecule has 6 heteroatoms. The molecule has 0 aliphatic heterocycles. The molecule has 0 amide bonds. The van der Waals surface area contributed by atoms with Crippen LogP contribution in [0.25, 0.3) is 0 Å². The molecule has 1 rings (SSSR count). The first kappa shape index (κ1) is 15.5. The number of hydrogen-bond acceptors (Lipinski definition) is 6. The summed E-state index contributed by atoms with van der Waals surface area (Å²) < 4.78 is 15.4. The zero-order valence-electron chi connectivity index (χ0n) is 11.8. The fourth-order valence-corrected chi connectivity index (χ4v) is 1.34. The number of carbonyl (C=O) groups excluding carboxylic acids is 1. The number of carbonyl (C=O) groups is 1. The van der Waals surface area contributed by atoms with Crippen LogP contribution in [0.1, 0.15) is 37.7 Å². The lowest BCUT2D eigenvalue weighted by Crippen LogP contribution is -2.09. The van der Waals surface area contributed by atoms with E-state index in [9.17, 15) is 4.79 Å². The first-order valence-corrected chi connectivity index (χ1v) is 6.57. The van der Waals surface area contributed by atoms with Crippen LogP contribution in [0.15, 0.2) is 10.7 Å². The van der Waals surface area contributed by atoms with Crippen LogP contribution in [0.4, 0.5) is 6.01 Å². The molecule has 0 radical (unpaired) electrons. The van der Waals surface area contributed by atoms with Gasteiger partial charge in [0.15, 0.2) is 5.69 Å². The minimum atomic E-state index is -0.473. The third-order valence-corrected chi connectivity index (χ3v) is 2.18. The number of rotatable bonds is 9. The quantitative estimate of drug-likeness (QED) is 0.548. The number of aromatic nitrogens is 1. The van der Waals surface area contributed by atoms with E-state index in [0.29, 0.717) is 31.7 Å². The van der Waals surface area contributed by atoms with E-state index in [0.717, 1.165) is 13.0 Å². The van der Waals surface area contributed by atoms with E-state index in [1.54, 1.807) is 6.92 Å². The van der Waals surface area contributed by atoms with Gasteiger partial charge in [-0.1, -0.05) is 13.8 Å². The van der Waals surface area contributed by atoms with Crippen LogP contribution in [0.3, 0.4) is 0 Å². The van der Waals surface area contributed by atoms with E-state index in [1.807, 2.05) is 0 Å². The summed E-state index contributed by atoms with van der Waals surface area (Å²) in [5, 5.41) is 2.98. The number of nitrogens with zero attached hydrogens (tertiary/aromatic N) is 1. The molecule has 1 N–H and O–H groups in total. The van der Waals surface area contributed by atoms with Crippen molar-refractivity contribution < 1.29 is 18.7 Å². The van der Waals surface area contributed by atoms with Gasteiger partial charge in [-0.05, 0) is 19.3 Å². The van der Waals surface area contributed by atoms with Gasteiger partial charge in [0, 0.05) is 19.8 Å². The molecule has 0 saturated carbocycles. The second-order valence-corrected chi connectivity index (χ2v) is 4.51. The predicted octanol–water partition coefficient (Wildman–Crippen LogP) is 2.33. The molecule has 19 heavy (non-hydrogen) atoms. The van der Waals surface area contributed by atoms with Crippen molar-refractivity contribution in [2.45, 2.75) is 27.2 Å². The summed E-state index contributed by atoms with van der Waals surface area (Å²) in [4.78, 5) is 15.3. The fraction of sp³-hybridized carbons (Fsp3) is 0.692. The van der Waals surface area contributed by atoms with Crippen LogP contribution in [0.2, 0.25) is 0 Å². The molecule has 1 aromatic rings. The van der Waals surface area contributed by atoms with Crippen LogP contribution >= 0.6 is 0 Å².